The lowest BCUT2D eigenvalue weighted by Crippen LogP contribution is -2.60. The van der Waals surface area contributed by atoms with Crippen LogP contribution in [0.2, 0.25) is 36.3 Å². The first-order valence-corrected chi connectivity index (χ1v) is 27.1. The Kier molecular flexibility index (Phi) is 21.5. The topological polar surface area (TPSA) is 89.5 Å². The number of allylic oxidation sites excluding steroid dienone is 1. The molecule has 1 rings (SSSR count). The van der Waals surface area contributed by atoms with Crippen LogP contribution in [-0.2, 0) is 37.4 Å². The van der Waals surface area contributed by atoms with Crippen LogP contribution in [-0.4, -0.2) is 71.0 Å². The van der Waals surface area contributed by atoms with Gasteiger partial charge in [-0.05, 0) is 103 Å². The van der Waals surface area contributed by atoms with Crippen LogP contribution >= 0.6 is 0 Å². The minimum Gasteiger partial charge on any atom is -0.460 e. The minimum absolute atomic E-state index is 0.0428. The van der Waals surface area contributed by atoms with E-state index in [1.54, 1.807) is 0 Å². The second-order valence-electron chi connectivity index (χ2n) is 19.3. The zero-order valence-corrected chi connectivity index (χ0v) is 39.9. The Morgan fingerprint density at radius 3 is 1.69 bits per heavy atom. The number of hydrogen-bond acceptors (Lipinski definition) is 8. The van der Waals surface area contributed by atoms with Gasteiger partial charge in [-0.25, -0.2) is 4.79 Å². The Balaban J connectivity index is 3.42. The van der Waals surface area contributed by atoms with Crippen LogP contribution in [0.15, 0.2) is 12.2 Å². The van der Waals surface area contributed by atoms with Crippen molar-refractivity contribution in [1.29, 1.82) is 0 Å². The van der Waals surface area contributed by atoms with E-state index >= 15 is 0 Å². The van der Waals surface area contributed by atoms with E-state index in [9.17, 15) is 9.59 Å². The average Bonchev–Trinajstić information content (AvgIpc) is 3.52. The standard InChI is InChI=1S/C44H86O8Si2/c1-16-20-21-25-28-31-43(47-33-34-48-43)32-29-26-23-22-24-27-30-37(36-49-53(14,15)42(11,12)13)44(39(46)51-41(8,9)10,35-38(45)50-40(5,6)7)52-54(17-2,18-3)19-4/h27,30,37H,16-26,28-29,31-36H2,1-15H3/b30-27+/t37-,44+/m1/s1. The summed E-state index contributed by atoms with van der Waals surface area (Å²) in [6.07, 6.45) is 17.3. The largest absolute Gasteiger partial charge is 0.460 e. The highest BCUT2D eigenvalue weighted by molar-refractivity contribution is 6.74. The van der Waals surface area contributed by atoms with Gasteiger partial charge in [0.15, 0.2) is 28.0 Å². The van der Waals surface area contributed by atoms with Gasteiger partial charge >= 0.3 is 11.9 Å². The fourth-order valence-electron chi connectivity index (χ4n) is 6.86. The molecule has 0 bridgehead atoms. The average molecular weight is 799 g/mol. The van der Waals surface area contributed by atoms with E-state index < -0.39 is 57.1 Å². The summed E-state index contributed by atoms with van der Waals surface area (Å²) in [5.41, 5.74) is -3.11. The lowest BCUT2D eigenvalue weighted by Gasteiger charge is -2.46. The number of hydrogen-bond donors (Lipinski definition) is 0. The van der Waals surface area contributed by atoms with Crippen LogP contribution in [0.1, 0.15) is 173 Å². The van der Waals surface area contributed by atoms with E-state index in [1.807, 2.05) is 41.5 Å². The first kappa shape index (κ1) is 51.0. The molecule has 1 heterocycles. The fraction of sp³-hybridized carbons (Fsp3) is 0.909. The number of carbonyl (C=O) groups is 2. The zero-order chi connectivity index (χ0) is 41.3. The van der Waals surface area contributed by atoms with E-state index in [0.717, 1.165) is 69.5 Å². The van der Waals surface area contributed by atoms with E-state index in [1.165, 1.54) is 25.7 Å². The molecule has 2 atom stereocenters. The van der Waals surface area contributed by atoms with Gasteiger partial charge in [0.1, 0.15) is 11.2 Å². The van der Waals surface area contributed by atoms with Crippen LogP contribution < -0.4 is 0 Å². The van der Waals surface area contributed by atoms with Crippen molar-refractivity contribution < 1.29 is 37.4 Å². The molecule has 0 unspecified atom stereocenters. The van der Waals surface area contributed by atoms with Gasteiger partial charge in [0.25, 0.3) is 0 Å². The maximum absolute atomic E-state index is 14.8. The van der Waals surface area contributed by atoms with Gasteiger partial charge in [-0.3, -0.25) is 4.79 Å². The molecule has 1 saturated heterocycles. The number of ether oxygens (including phenoxy) is 4. The first-order chi connectivity index (χ1) is 24.9. The minimum atomic E-state index is -2.50. The summed E-state index contributed by atoms with van der Waals surface area (Å²) < 4.78 is 38.7. The fourth-order valence-corrected chi connectivity index (χ4v) is 10.9. The molecule has 0 aliphatic carbocycles. The monoisotopic (exact) mass is 799 g/mol. The molecule has 0 aromatic carbocycles. The summed E-state index contributed by atoms with van der Waals surface area (Å²) in [5, 5.41) is -0.0428. The predicted octanol–water partition coefficient (Wildman–Crippen LogP) is 12.5. The van der Waals surface area contributed by atoms with Gasteiger partial charge in [-0.1, -0.05) is 99.1 Å². The van der Waals surface area contributed by atoms with Gasteiger partial charge in [0, 0.05) is 25.4 Å². The predicted molar refractivity (Wildman–Crippen MR) is 229 cm³/mol. The number of unbranched alkanes of at least 4 members (excludes halogenated alkanes) is 8. The molecule has 0 amide bonds. The van der Waals surface area contributed by atoms with Gasteiger partial charge < -0.3 is 27.8 Å². The van der Waals surface area contributed by atoms with E-state index in [0.29, 0.717) is 13.2 Å². The first-order valence-electron chi connectivity index (χ1n) is 21.7. The van der Waals surface area contributed by atoms with Gasteiger partial charge in [0.2, 0.25) is 0 Å². The smallest absolute Gasteiger partial charge is 0.339 e. The Bertz CT molecular complexity index is 1100. The molecular formula is C44H86O8Si2. The molecule has 1 aliphatic rings. The van der Waals surface area contributed by atoms with Crippen molar-refractivity contribution in [3.63, 3.8) is 0 Å². The summed E-state index contributed by atoms with van der Waals surface area (Å²) in [4.78, 5) is 28.7. The highest BCUT2D eigenvalue weighted by Gasteiger charge is 2.55. The number of carbonyl (C=O) groups excluding carboxylic acids is 2. The van der Waals surface area contributed by atoms with E-state index in [4.69, 9.17) is 27.8 Å². The highest BCUT2D eigenvalue weighted by Crippen LogP contribution is 2.42. The molecule has 0 saturated carbocycles. The molecule has 0 radical (unpaired) electrons. The third kappa shape index (κ3) is 17.6. The number of esters is 2. The third-order valence-corrected chi connectivity index (χ3v) is 20.6. The van der Waals surface area contributed by atoms with E-state index in [2.05, 4.69) is 73.7 Å². The second kappa shape index (κ2) is 22.8. The summed E-state index contributed by atoms with van der Waals surface area (Å²) in [5.74, 6) is -1.94. The van der Waals surface area contributed by atoms with Crippen molar-refractivity contribution in [2.75, 3.05) is 19.8 Å². The van der Waals surface area contributed by atoms with Crippen LogP contribution in [0.5, 0.6) is 0 Å². The van der Waals surface area contributed by atoms with Crippen molar-refractivity contribution >= 4 is 28.6 Å². The second-order valence-corrected chi connectivity index (χ2v) is 28.8. The maximum atomic E-state index is 14.8. The van der Waals surface area contributed by atoms with Crippen LogP contribution in [0.25, 0.3) is 0 Å². The summed E-state index contributed by atoms with van der Waals surface area (Å²) in [6.45, 7) is 32.6. The number of rotatable bonds is 26. The lowest BCUT2D eigenvalue weighted by atomic mass is 9.84. The van der Waals surface area contributed by atoms with Gasteiger partial charge in [0.05, 0.1) is 19.6 Å². The molecule has 1 fully saturated rings. The van der Waals surface area contributed by atoms with Crippen molar-refractivity contribution in [3.8, 4) is 0 Å². The molecule has 0 aromatic rings. The Morgan fingerprint density at radius 1 is 0.722 bits per heavy atom. The zero-order valence-electron chi connectivity index (χ0n) is 37.9. The molecule has 0 aromatic heterocycles. The lowest BCUT2D eigenvalue weighted by molar-refractivity contribution is -0.187. The van der Waals surface area contributed by atoms with Crippen molar-refractivity contribution in [1.82, 2.24) is 0 Å². The normalized spacial score (nSPS) is 17.5. The molecule has 8 nitrogen and oxygen atoms in total. The maximum Gasteiger partial charge on any atom is 0.339 e. The van der Waals surface area contributed by atoms with E-state index in [-0.39, 0.29) is 18.1 Å². The summed E-state index contributed by atoms with van der Waals surface area (Å²) in [6, 6.07) is 2.44. The van der Waals surface area contributed by atoms with Crippen molar-refractivity contribution in [2.24, 2.45) is 5.92 Å². The Hall–Kier alpha value is -1.05. The molecule has 318 valence electrons. The Labute approximate surface area is 335 Å². The van der Waals surface area contributed by atoms with Crippen LogP contribution in [0, 0.1) is 5.92 Å². The van der Waals surface area contributed by atoms with Crippen LogP contribution in [0.4, 0.5) is 0 Å². The quantitative estimate of drug-likeness (QED) is 0.0370. The molecule has 0 spiro atoms. The SMILES string of the molecule is CCCCCCCC1(CCCCCC/C=C/[C@H](CO[Si](C)(C)C(C)(C)C)[C@](CC(=O)OC(C)(C)C)(O[Si](CC)(CC)CC)C(=O)OC(C)(C)C)OCCO1. The summed E-state index contributed by atoms with van der Waals surface area (Å²) >= 11 is 0. The van der Waals surface area contributed by atoms with Gasteiger partial charge in [-0.2, -0.15) is 0 Å². The van der Waals surface area contributed by atoms with Gasteiger partial charge in [-0.15, -0.1) is 0 Å². The molecule has 10 heteroatoms. The van der Waals surface area contributed by atoms with Crippen molar-refractivity contribution in [2.45, 2.75) is 232 Å². The highest BCUT2D eigenvalue weighted by atomic mass is 28.4. The molecular weight excluding hydrogens is 713 g/mol. The third-order valence-electron chi connectivity index (χ3n) is 11.5. The molecule has 1 aliphatic heterocycles. The van der Waals surface area contributed by atoms with Crippen molar-refractivity contribution in [3.05, 3.63) is 12.2 Å². The summed E-state index contributed by atoms with van der Waals surface area (Å²) in [7, 11) is -4.76. The van der Waals surface area contributed by atoms with Crippen LogP contribution in [0.3, 0.4) is 0 Å². The molecule has 0 N–H and O–H groups in total. The Morgan fingerprint density at radius 2 is 1.22 bits per heavy atom. The molecule has 54 heavy (non-hydrogen) atoms.